The zero-order valence-electron chi connectivity index (χ0n) is 13.2. The Morgan fingerprint density at radius 3 is 2.65 bits per heavy atom. The van der Waals surface area contributed by atoms with Gasteiger partial charge in [-0.3, -0.25) is 20.4 Å². The van der Waals surface area contributed by atoms with E-state index in [9.17, 15) is 9.59 Å². The van der Waals surface area contributed by atoms with Crippen molar-refractivity contribution in [2.45, 2.75) is 26.7 Å². The Morgan fingerprint density at radius 1 is 1.13 bits per heavy atom. The molecule has 2 N–H and O–H groups in total. The number of hydrogen-bond acceptors (Lipinski definition) is 4. The number of amides is 2. The van der Waals surface area contributed by atoms with Crippen LogP contribution in [0.2, 0.25) is 0 Å². The molecule has 0 unspecified atom stereocenters. The molecule has 0 spiro atoms. The Morgan fingerprint density at radius 2 is 1.91 bits per heavy atom. The highest BCUT2D eigenvalue weighted by Gasteiger charge is 2.07. The maximum atomic E-state index is 11.7. The van der Waals surface area contributed by atoms with E-state index < -0.39 is 5.91 Å². The Hall–Kier alpha value is -2.34. The van der Waals surface area contributed by atoms with Gasteiger partial charge in [-0.2, -0.15) is 11.3 Å². The van der Waals surface area contributed by atoms with E-state index in [4.69, 9.17) is 4.74 Å². The van der Waals surface area contributed by atoms with E-state index in [0.29, 0.717) is 18.6 Å². The van der Waals surface area contributed by atoms with Crippen molar-refractivity contribution in [3.63, 3.8) is 0 Å². The van der Waals surface area contributed by atoms with Crippen LogP contribution < -0.4 is 15.6 Å². The number of nitrogens with one attached hydrogen (secondary N) is 2. The van der Waals surface area contributed by atoms with Crippen LogP contribution in [0.4, 0.5) is 0 Å². The average Bonchev–Trinajstić information content (AvgIpc) is 3.05. The van der Waals surface area contributed by atoms with E-state index in [-0.39, 0.29) is 12.5 Å². The zero-order chi connectivity index (χ0) is 16.7. The van der Waals surface area contributed by atoms with Crippen LogP contribution in [0.3, 0.4) is 0 Å². The van der Waals surface area contributed by atoms with E-state index in [1.54, 1.807) is 11.3 Å². The van der Waals surface area contributed by atoms with Gasteiger partial charge in [0.15, 0.2) is 6.61 Å². The summed E-state index contributed by atoms with van der Waals surface area (Å²) < 4.78 is 5.47. The SMILES string of the molecule is Cc1ccc(C)c(OCC(=O)NNC(=O)CCc2ccsc2)c1. The Bertz CT molecular complexity index is 668. The van der Waals surface area contributed by atoms with E-state index >= 15 is 0 Å². The minimum Gasteiger partial charge on any atom is -0.483 e. The summed E-state index contributed by atoms with van der Waals surface area (Å²) in [6.07, 6.45) is 0.985. The van der Waals surface area contributed by atoms with Gasteiger partial charge >= 0.3 is 0 Å². The maximum Gasteiger partial charge on any atom is 0.276 e. The zero-order valence-corrected chi connectivity index (χ0v) is 14.0. The van der Waals surface area contributed by atoms with Gasteiger partial charge in [-0.25, -0.2) is 0 Å². The van der Waals surface area contributed by atoms with E-state index in [0.717, 1.165) is 16.7 Å². The molecule has 1 aromatic heterocycles. The predicted octanol–water partition coefficient (Wildman–Crippen LogP) is 2.52. The molecule has 1 heterocycles. The fraction of sp³-hybridized carbons (Fsp3) is 0.294. The minimum absolute atomic E-state index is 0.144. The lowest BCUT2D eigenvalue weighted by Gasteiger charge is -2.11. The predicted molar refractivity (Wildman–Crippen MR) is 90.3 cm³/mol. The summed E-state index contributed by atoms with van der Waals surface area (Å²) in [6.45, 7) is 3.73. The molecule has 0 saturated heterocycles. The highest BCUT2D eigenvalue weighted by Crippen LogP contribution is 2.18. The number of carbonyl (C=O) groups is 2. The molecule has 0 aliphatic heterocycles. The highest BCUT2D eigenvalue weighted by atomic mass is 32.1. The molecule has 0 aliphatic rings. The van der Waals surface area contributed by atoms with Crippen LogP contribution in [0.25, 0.3) is 0 Å². The van der Waals surface area contributed by atoms with Crippen LogP contribution in [-0.4, -0.2) is 18.4 Å². The van der Waals surface area contributed by atoms with Gasteiger partial charge in [0.05, 0.1) is 0 Å². The van der Waals surface area contributed by atoms with Gasteiger partial charge in [-0.05, 0) is 59.9 Å². The minimum atomic E-state index is -0.394. The van der Waals surface area contributed by atoms with Crippen LogP contribution in [0.5, 0.6) is 5.75 Å². The number of rotatable bonds is 6. The average molecular weight is 332 g/mol. The maximum absolute atomic E-state index is 11.7. The fourth-order valence-corrected chi connectivity index (χ4v) is 2.64. The van der Waals surface area contributed by atoms with Crippen molar-refractivity contribution in [2.24, 2.45) is 0 Å². The normalized spacial score (nSPS) is 10.2. The molecule has 122 valence electrons. The van der Waals surface area contributed by atoms with E-state index in [1.807, 2.05) is 48.9 Å². The van der Waals surface area contributed by atoms with Gasteiger partial charge in [-0.15, -0.1) is 0 Å². The number of thiophene rings is 1. The number of ether oxygens (including phenoxy) is 1. The first-order chi connectivity index (χ1) is 11.0. The first kappa shape index (κ1) is 17.0. The number of hydrogen-bond donors (Lipinski definition) is 2. The Balaban J connectivity index is 1.68. The molecular weight excluding hydrogens is 312 g/mol. The molecule has 0 aliphatic carbocycles. The summed E-state index contributed by atoms with van der Waals surface area (Å²) >= 11 is 1.60. The van der Waals surface area contributed by atoms with Crippen molar-refractivity contribution >= 4 is 23.2 Å². The highest BCUT2D eigenvalue weighted by molar-refractivity contribution is 7.07. The molecule has 2 aromatic rings. The summed E-state index contributed by atoms with van der Waals surface area (Å²) in [5.74, 6) is 0.0509. The van der Waals surface area contributed by atoms with E-state index in [1.165, 1.54) is 0 Å². The summed E-state index contributed by atoms with van der Waals surface area (Å²) in [7, 11) is 0. The van der Waals surface area contributed by atoms with Crippen molar-refractivity contribution in [3.8, 4) is 5.75 Å². The largest absolute Gasteiger partial charge is 0.483 e. The Labute approximate surface area is 139 Å². The second-order valence-corrected chi connectivity index (χ2v) is 6.07. The first-order valence-corrected chi connectivity index (χ1v) is 8.27. The van der Waals surface area contributed by atoms with E-state index in [2.05, 4.69) is 10.9 Å². The second-order valence-electron chi connectivity index (χ2n) is 5.29. The van der Waals surface area contributed by atoms with Gasteiger partial charge < -0.3 is 4.74 Å². The number of hydrazine groups is 1. The van der Waals surface area contributed by atoms with Crippen LogP contribution in [0.1, 0.15) is 23.1 Å². The number of carbonyl (C=O) groups excluding carboxylic acids is 2. The van der Waals surface area contributed by atoms with Crippen molar-refractivity contribution < 1.29 is 14.3 Å². The molecular formula is C17H20N2O3S. The number of benzene rings is 1. The third-order valence-corrected chi connectivity index (χ3v) is 4.00. The fourth-order valence-electron chi connectivity index (χ4n) is 1.94. The van der Waals surface area contributed by atoms with Gasteiger partial charge in [0, 0.05) is 6.42 Å². The third-order valence-electron chi connectivity index (χ3n) is 3.26. The number of aryl methyl sites for hydroxylation is 3. The van der Waals surface area contributed by atoms with Gasteiger partial charge in [0.2, 0.25) is 5.91 Å². The lowest BCUT2D eigenvalue weighted by molar-refractivity contribution is -0.130. The van der Waals surface area contributed by atoms with Crippen molar-refractivity contribution in [1.82, 2.24) is 10.9 Å². The summed E-state index contributed by atoms with van der Waals surface area (Å²) in [4.78, 5) is 23.4. The molecule has 0 fully saturated rings. The first-order valence-electron chi connectivity index (χ1n) is 7.33. The second kappa shape index (κ2) is 8.33. The lowest BCUT2D eigenvalue weighted by atomic mass is 10.1. The lowest BCUT2D eigenvalue weighted by Crippen LogP contribution is -2.43. The van der Waals surface area contributed by atoms with Gasteiger partial charge in [-0.1, -0.05) is 12.1 Å². The van der Waals surface area contributed by atoms with Gasteiger partial charge in [0.25, 0.3) is 5.91 Å². The van der Waals surface area contributed by atoms with Crippen LogP contribution in [0, 0.1) is 13.8 Å². The molecule has 0 atom stereocenters. The molecule has 1 aromatic carbocycles. The molecule has 2 amide bonds. The van der Waals surface area contributed by atoms with Gasteiger partial charge in [0.1, 0.15) is 5.75 Å². The van der Waals surface area contributed by atoms with Crippen LogP contribution >= 0.6 is 11.3 Å². The summed E-state index contributed by atoms with van der Waals surface area (Å²) in [5.41, 5.74) is 7.89. The summed E-state index contributed by atoms with van der Waals surface area (Å²) in [6, 6.07) is 7.78. The molecule has 6 heteroatoms. The summed E-state index contributed by atoms with van der Waals surface area (Å²) in [5, 5.41) is 3.98. The molecule has 0 radical (unpaired) electrons. The molecule has 2 rings (SSSR count). The Kier molecular flexibility index (Phi) is 6.17. The molecule has 5 nitrogen and oxygen atoms in total. The smallest absolute Gasteiger partial charge is 0.276 e. The topological polar surface area (TPSA) is 67.4 Å². The molecule has 0 bridgehead atoms. The quantitative estimate of drug-likeness (QED) is 0.799. The van der Waals surface area contributed by atoms with Crippen molar-refractivity contribution in [3.05, 3.63) is 51.7 Å². The standard InChI is InChI=1S/C17H20N2O3S/c1-12-3-4-13(2)15(9-12)22-10-17(21)19-18-16(20)6-5-14-7-8-23-11-14/h3-4,7-9,11H,5-6,10H2,1-2H3,(H,18,20)(H,19,21). The van der Waals surface area contributed by atoms with Crippen LogP contribution in [0.15, 0.2) is 35.0 Å². The monoisotopic (exact) mass is 332 g/mol. The molecule has 0 saturated carbocycles. The molecule has 23 heavy (non-hydrogen) atoms. The van der Waals surface area contributed by atoms with Crippen LogP contribution in [-0.2, 0) is 16.0 Å². The van der Waals surface area contributed by atoms with Crippen molar-refractivity contribution in [2.75, 3.05) is 6.61 Å². The van der Waals surface area contributed by atoms with Crippen molar-refractivity contribution in [1.29, 1.82) is 0 Å². The third kappa shape index (κ3) is 5.75.